The van der Waals surface area contributed by atoms with Gasteiger partial charge in [0.2, 0.25) is 0 Å². The molecule has 0 aliphatic carbocycles. The Kier molecular flexibility index (Phi) is 6.93. The lowest BCUT2D eigenvalue weighted by molar-refractivity contribution is -0.141. The number of benzene rings is 1. The predicted molar refractivity (Wildman–Crippen MR) is 67.5 cm³/mol. The van der Waals surface area contributed by atoms with E-state index < -0.39 is 0 Å². The Morgan fingerprint density at radius 1 is 1.38 bits per heavy atom. The Labute approximate surface area is 97.9 Å². The van der Waals surface area contributed by atoms with Gasteiger partial charge in [0.25, 0.3) is 0 Å². The van der Waals surface area contributed by atoms with E-state index in [4.69, 9.17) is 4.74 Å². The van der Waals surface area contributed by atoms with Crippen molar-refractivity contribution in [2.45, 2.75) is 26.7 Å². The van der Waals surface area contributed by atoms with Crippen molar-refractivity contribution in [2.24, 2.45) is 0 Å². The number of esters is 1. The first-order valence-electron chi connectivity index (χ1n) is 5.30. The van der Waals surface area contributed by atoms with Crippen LogP contribution in [0.2, 0.25) is 0 Å². The van der Waals surface area contributed by atoms with Gasteiger partial charge in [-0.15, -0.1) is 13.2 Å². The molecule has 0 aromatic heterocycles. The Hall–Kier alpha value is -1.57. The summed E-state index contributed by atoms with van der Waals surface area (Å²) in [5.74, 6) is 0.0468. The van der Waals surface area contributed by atoms with Crippen molar-refractivity contribution in [3.63, 3.8) is 0 Å². The number of hydrogen-bond donors (Lipinski definition) is 0. The van der Waals surface area contributed by atoms with E-state index in [0.717, 1.165) is 0 Å². The van der Waals surface area contributed by atoms with Crippen molar-refractivity contribution in [3.8, 4) is 0 Å². The number of rotatable bonds is 3. The summed E-state index contributed by atoms with van der Waals surface area (Å²) in [6.07, 6.45) is 0. The van der Waals surface area contributed by atoms with Gasteiger partial charge in [0.15, 0.2) is 0 Å². The topological polar surface area (TPSA) is 26.3 Å². The van der Waals surface area contributed by atoms with Gasteiger partial charge >= 0.3 is 5.97 Å². The van der Waals surface area contributed by atoms with Crippen LogP contribution < -0.4 is 0 Å². The fourth-order valence-corrected chi connectivity index (χ4v) is 1.47. The van der Waals surface area contributed by atoms with Crippen molar-refractivity contribution in [2.75, 3.05) is 6.61 Å². The molecule has 0 bridgehead atoms. The Morgan fingerprint density at radius 2 is 1.94 bits per heavy atom. The molecule has 0 saturated heterocycles. The van der Waals surface area contributed by atoms with Crippen LogP contribution in [0.1, 0.15) is 30.9 Å². The highest BCUT2D eigenvalue weighted by Gasteiger charge is 2.08. The predicted octanol–water partition coefficient (Wildman–Crippen LogP) is 3.46. The van der Waals surface area contributed by atoms with Crippen LogP contribution in [0.3, 0.4) is 0 Å². The lowest BCUT2D eigenvalue weighted by Crippen LogP contribution is -2.08. The fourth-order valence-electron chi connectivity index (χ4n) is 1.47. The summed E-state index contributed by atoms with van der Waals surface area (Å²) in [5, 5.41) is 0. The largest absolute Gasteiger partial charge is 0.465 e. The number of carbonyl (C=O) groups is 1. The fraction of sp³-hybridized carbons (Fsp3) is 0.357. The van der Waals surface area contributed by atoms with E-state index >= 15 is 0 Å². The Balaban J connectivity index is 0.00000106. The van der Waals surface area contributed by atoms with E-state index in [1.807, 2.05) is 12.1 Å². The third-order valence-electron chi connectivity index (χ3n) is 2.26. The molecule has 1 rings (SSSR count). The van der Waals surface area contributed by atoms with Crippen LogP contribution in [-0.2, 0) is 9.53 Å². The molecule has 1 aromatic carbocycles. The first kappa shape index (κ1) is 14.4. The zero-order chi connectivity index (χ0) is 12.6. The summed E-state index contributed by atoms with van der Waals surface area (Å²) in [5.41, 5.74) is 2.49. The molecule has 0 heterocycles. The second kappa shape index (κ2) is 7.69. The number of aryl methyl sites for hydroxylation is 1. The van der Waals surface area contributed by atoms with Gasteiger partial charge in [0.1, 0.15) is 0 Å². The number of ether oxygens (including phenoxy) is 1. The van der Waals surface area contributed by atoms with Gasteiger partial charge < -0.3 is 4.74 Å². The molecule has 0 N–H and O–H groups in total. The highest BCUT2D eigenvalue weighted by Crippen LogP contribution is 2.19. The van der Waals surface area contributed by atoms with E-state index in [2.05, 4.69) is 39.1 Å². The summed E-state index contributed by atoms with van der Waals surface area (Å²) < 4.78 is 4.97. The number of hydrogen-bond acceptors (Lipinski definition) is 2. The molecular formula is C14H20O2. The van der Waals surface area contributed by atoms with E-state index in [-0.39, 0.29) is 11.9 Å². The molecule has 0 aliphatic rings. The first-order chi connectivity index (χ1) is 7.61. The minimum atomic E-state index is -0.217. The van der Waals surface area contributed by atoms with Gasteiger partial charge in [0.05, 0.1) is 6.61 Å². The average Bonchev–Trinajstić information content (AvgIpc) is 2.29. The lowest BCUT2D eigenvalue weighted by Gasteiger charge is -2.13. The van der Waals surface area contributed by atoms with Gasteiger partial charge in [-0.25, -0.2) is 0 Å². The van der Waals surface area contributed by atoms with Crippen LogP contribution in [-0.4, -0.2) is 12.6 Å². The molecule has 0 fully saturated rings. The standard InChI is InChI=1S/C12H16O2.C2H4/c1-9-6-4-5-7-12(9)10(2)8-14-11(3)13;1-2/h4-7,10H,8H2,1-3H3;1-2H2/t10-;/m0./s1. The van der Waals surface area contributed by atoms with E-state index in [9.17, 15) is 4.79 Å². The monoisotopic (exact) mass is 220 g/mol. The van der Waals surface area contributed by atoms with E-state index in [0.29, 0.717) is 6.61 Å². The second-order valence-corrected chi connectivity index (χ2v) is 3.56. The van der Waals surface area contributed by atoms with Crippen molar-refractivity contribution in [1.82, 2.24) is 0 Å². The second-order valence-electron chi connectivity index (χ2n) is 3.56. The van der Waals surface area contributed by atoms with Gasteiger partial charge in [-0.05, 0) is 18.1 Å². The maximum absolute atomic E-state index is 10.6. The van der Waals surface area contributed by atoms with Crippen molar-refractivity contribution >= 4 is 5.97 Å². The van der Waals surface area contributed by atoms with Crippen LogP contribution in [0, 0.1) is 6.92 Å². The van der Waals surface area contributed by atoms with E-state index in [1.54, 1.807) is 0 Å². The third-order valence-corrected chi connectivity index (χ3v) is 2.26. The van der Waals surface area contributed by atoms with Gasteiger partial charge in [-0.1, -0.05) is 31.2 Å². The molecule has 1 atom stereocenters. The molecule has 2 heteroatoms. The normalized spacial score (nSPS) is 10.9. The van der Waals surface area contributed by atoms with Crippen molar-refractivity contribution < 1.29 is 9.53 Å². The molecule has 16 heavy (non-hydrogen) atoms. The van der Waals surface area contributed by atoms with Gasteiger partial charge in [-0.3, -0.25) is 4.79 Å². The van der Waals surface area contributed by atoms with Crippen LogP contribution in [0.5, 0.6) is 0 Å². The summed E-state index contributed by atoms with van der Waals surface area (Å²) in [6.45, 7) is 12.0. The van der Waals surface area contributed by atoms with Crippen molar-refractivity contribution in [3.05, 3.63) is 48.6 Å². The molecule has 0 unspecified atom stereocenters. The van der Waals surface area contributed by atoms with Crippen LogP contribution in [0.15, 0.2) is 37.4 Å². The van der Waals surface area contributed by atoms with Crippen LogP contribution >= 0.6 is 0 Å². The highest BCUT2D eigenvalue weighted by atomic mass is 16.5. The Morgan fingerprint density at radius 3 is 2.44 bits per heavy atom. The van der Waals surface area contributed by atoms with Crippen LogP contribution in [0.25, 0.3) is 0 Å². The van der Waals surface area contributed by atoms with E-state index in [1.165, 1.54) is 18.1 Å². The number of carbonyl (C=O) groups excluding carboxylic acids is 1. The Bertz CT molecular complexity index is 331. The molecule has 0 radical (unpaired) electrons. The zero-order valence-electron chi connectivity index (χ0n) is 10.3. The lowest BCUT2D eigenvalue weighted by atomic mass is 9.97. The van der Waals surface area contributed by atoms with Gasteiger partial charge in [-0.2, -0.15) is 0 Å². The smallest absolute Gasteiger partial charge is 0.302 e. The average molecular weight is 220 g/mol. The molecule has 0 aliphatic heterocycles. The maximum Gasteiger partial charge on any atom is 0.302 e. The molecule has 0 amide bonds. The minimum Gasteiger partial charge on any atom is -0.465 e. The highest BCUT2D eigenvalue weighted by molar-refractivity contribution is 5.65. The molecule has 0 spiro atoms. The summed E-state index contributed by atoms with van der Waals surface area (Å²) >= 11 is 0. The third kappa shape index (κ3) is 4.78. The molecule has 1 aromatic rings. The summed E-state index contributed by atoms with van der Waals surface area (Å²) in [7, 11) is 0. The SMILES string of the molecule is C=C.CC(=O)OC[C@H](C)c1ccccc1C. The molecule has 2 nitrogen and oxygen atoms in total. The van der Waals surface area contributed by atoms with Gasteiger partial charge in [0, 0.05) is 12.8 Å². The molecular weight excluding hydrogens is 200 g/mol. The van der Waals surface area contributed by atoms with Crippen molar-refractivity contribution in [1.29, 1.82) is 0 Å². The molecule has 88 valence electrons. The summed E-state index contributed by atoms with van der Waals surface area (Å²) in [6, 6.07) is 8.16. The molecule has 0 saturated carbocycles. The summed E-state index contributed by atoms with van der Waals surface area (Å²) in [4.78, 5) is 10.6. The minimum absolute atomic E-state index is 0.217. The quantitative estimate of drug-likeness (QED) is 0.576. The van der Waals surface area contributed by atoms with Crippen LogP contribution in [0.4, 0.5) is 0 Å². The first-order valence-corrected chi connectivity index (χ1v) is 5.30. The maximum atomic E-state index is 10.6. The zero-order valence-corrected chi connectivity index (χ0v) is 10.3.